The van der Waals surface area contributed by atoms with E-state index in [0.717, 1.165) is 54.0 Å². The number of nitrogens with zero attached hydrogens (tertiary/aromatic N) is 4. The van der Waals surface area contributed by atoms with Crippen LogP contribution < -0.4 is 4.90 Å². The molecular weight excluding hydrogens is 351 g/mol. The minimum atomic E-state index is -0.229. The number of rotatable bonds is 4. The molecule has 0 N–H and O–H groups in total. The van der Waals surface area contributed by atoms with Crippen LogP contribution in [0.5, 0.6) is 0 Å². The molecule has 3 aromatic rings. The van der Waals surface area contributed by atoms with Gasteiger partial charge in [0, 0.05) is 35.9 Å². The van der Waals surface area contributed by atoms with Gasteiger partial charge in [-0.1, -0.05) is 19.0 Å². The van der Waals surface area contributed by atoms with Gasteiger partial charge in [-0.2, -0.15) is 4.98 Å². The number of halogens is 1. The van der Waals surface area contributed by atoms with Crippen LogP contribution in [0.2, 0.25) is 0 Å². The largest absolute Gasteiger partial charge is 0.348 e. The highest BCUT2D eigenvalue weighted by Gasteiger charge is 2.27. The van der Waals surface area contributed by atoms with Gasteiger partial charge < -0.3 is 9.42 Å². The molecule has 1 aromatic carbocycles. The van der Waals surface area contributed by atoms with E-state index < -0.39 is 0 Å². The van der Waals surface area contributed by atoms with E-state index in [1.807, 2.05) is 5.38 Å². The summed E-state index contributed by atoms with van der Waals surface area (Å²) in [4.78, 5) is 11.6. The molecule has 136 valence electrons. The summed E-state index contributed by atoms with van der Waals surface area (Å²) >= 11 is 1.63. The van der Waals surface area contributed by atoms with Crippen LogP contribution in [0.25, 0.3) is 11.3 Å². The monoisotopic (exact) mass is 372 g/mol. The van der Waals surface area contributed by atoms with Crippen molar-refractivity contribution in [2.24, 2.45) is 0 Å². The second-order valence-corrected chi connectivity index (χ2v) is 7.77. The Bertz CT molecular complexity index is 866. The topological polar surface area (TPSA) is 55.1 Å². The van der Waals surface area contributed by atoms with Crippen molar-refractivity contribution >= 4 is 16.5 Å². The molecule has 2 aromatic heterocycles. The van der Waals surface area contributed by atoms with Gasteiger partial charge >= 0.3 is 0 Å². The molecule has 1 saturated heterocycles. The second-order valence-electron chi connectivity index (χ2n) is 6.93. The van der Waals surface area contributed by atoms with Crippen molar-refractivity contribution in [1.29, 1.82) is 0 Å². The number of hydrogen-bond acceptors (Lipinski definition) is 6. The molecule has 0 atom stereocenters. The Hall–Kier alpha value is -2.28. The Morgan fingerprint density at radius 2 is 1.88 bits per heavy atom. The molecule has 4 rings (SSSR count). The Labute approximate surface area is 155 Å². The number of aromatic nitrogens is 3. The van der Waals surface area contributed by atoms with Crippen molar-refractivity contribution in [2.75, 3.05) is 18.0 Å². The molecule has 1 aliphatic heterocycles. The van der Waals surface area contributed by atoms with Crippen LogP contribution in [0.4, 0.5) is 9.52 Å². The van der Waals surface area contributed by atoms with E-state index in [-0.39, 0.29) is 11.7 Å². The van der Waals surface area contributed by atoms with E-state index >= 15 is 0 Å². The molecule has 1 fully saturated rings. The number of hydrogen-bond donors (Lipinski definition) is 0. The van der Waals surface area contributed by atoms with E-state index in [2.05, 4.69) is 28.9 Å². The predicted molar refractivity (Wildman–Crippen MR) is 100 cm³/mol. The molecule has 5 nitrogen and oxygen atoms in total. The zero-order chi connectivity index (χ0) is 18.1. The highest BCUT2D eigenvalue weighted by molar-refractivity contribution is 7.14. The molecule has 0 bridgehead atoms. The fourth-order valence-electron chi connectivity index (χ4n) is 3.13. The number of piperidine rings is 1. The van der Waals surface area contributed by atoms with Gasteiger partial charge in [-0.25, -0.2) is 9.37 Å². The molecule has 0 saturated carbocycles. The number of benzene rings is 1. The lowest BCUT2D eigenvalue weighted by Gasteiger charge is -2.29. The first-order chi connectivity index (χ1) is 12.6. The van der Waals surface area contributed by atoms with E-state index in [4.69, 9.17) is 9.51 Å². The van der Waals surface area contributed by atoms with Gasteiger partial charge in [0.25, 0.3) is 0 Å². The highest BCUT2D eigenvalue weighted by Crippen LogP contribution is 2.33. The van der Waals surface area contributed by atoms with Crippen molar-refractivity contribution in [3.05, 3.63) is 47.2 Å². The molecule has 26 heavy (non-hydrogen) atoms. The first-order valence-corrected chi connectivity index (χ1v) is 9.78. The third-order valence-electron chi connectivity index (χ3n) is 4.72. The van der Waals surface area contributed by atoms with Crippen LogP contribution in [-0.2, 0) is 0 Å². The zero-order valence-electron chi connectivity index (χ0n) is 14.9. The summed E-state index contributed by atoms with van der Waals surface area (Å²) in [5.74, 6) is 1.93. The summed E-state index contributed by atoms with van der Waals surface area (Å²) < 4.78 is 18.5. The summed E-state index contributed by atoms with van der Waals surface area (Å²) in [6, 6.07) is 6.47. The Kier molecular flexibility index (Phi) is 4.72. The third-order valence-corrected chi connectivity index (χ3v) is 5.62. The second kappa shape index (κ2) is 7.15. The van der Waals surface area contributed by atoms with Crippen LogP contribution in [0.15, 0.2) is 34.2 Å². The van der Waals surface area contributed by atoms with Crippen molar-refractivity contribution in [3.8, 4) is 11.3 Å². The molecule has 0 radical (unpaired) electrons. The van der Waals surface area contributed by atoms with Crippen molar-refractivity contribution in [2.45, 2.75) is 38.5 Å². The molecule has 0 spiro atoms. The summed E-state index contributed by atoms with van der Waals surface area (Å²) in [6.45, 7) is 5.97. The van der Waals surface area contributed by atoms with E-state index in [1.165, 1.54) is 12.1 Å². The summed E-state index contributed by atoms with van der Waals surface area (Å²) in [5, 5.41) is 7.11. The molecule has 7 heteroatoms. The van der Waals surface area contributed by atoms with Crippen LogP contribution in [0.3, 0.4) is 0 Å². The lowest BCUT2D eigenvalue weighted by Crippen LogP contribution is -2.32. The maximum atomic E-state index is 13.1. The average molecular weight is 372 g/mol. The van der Waals surface area contributed by atoms with Crippen LogP contribution in [0.1, 0.15) is 50.2 Å². The molecular formula is C19H21FN4OS. The maximum absolute atomic E-state index is 13.1. The maximum Gasteiger partial charge on any atom is 0.229 e. The van der Waals surface area contributed by atoms with Crippen LogP contribution in [0, 0.1) is 5.82 Å². The quantitative estimate of drug-likeness (QED) is 0.656. The average Bonchev–Trinajstić information content (AvgIpc) is 3.33. The van der Waals surface area contributed by atoms with Crippen molar-refractivity contribution in [1.82, 2.24) is 15.1 Å². The van der Waals surface area contributed by atoms with Gasteiger partial charge in [-0.15, -0.1) is 11.3 Å². The lowest BCUT2D eigenvalue weighted by molar-refractivity contribution is 0.326. The molecule has 0 aliphatic carbocycles. The van der Waals surface area contributed by atoms with Gasteiger partial charge in [0.1, 0.15) is 5.82 Å². The number of anilines is 1. The van der Waals surface area contributed by atoms with Crippen molar-refractivity contribution in [3.63, 3.8) is 0 Å². The lowest BCUT2D eigenvalue weighted by atomic mass is 9.97. The Morgan fingerprint density at radius 1 is 1.15 bits per heavy atom. The normalized spacial score (nSPS) is 15.8. The first kappa shape index (κ1) is 17.1. The van der Waals surface area contributed by atoms with E-state index in [1.54, 1.807) is 23.5 Å². The highest BCUT2D eigenvalue weighted by atomic mass is 32.1. The number of thiazole rings is 1. The SMILES string of the molecule is CC(C)c1noc(C2CCN(c3nc(-c4ccc(F)cc4)cs3)CC2)n1. The molecule has 0 unspecified atom stereocenters. The minimum Gasteiger partial charge on any atom is -0.348 e. The van der Waals surface area contributed by atoms with Crippen LogP contribution >= 0.6 is 11.3 Å². The zero-order valence-corrected chi connectivity index (χ0v) is 15.7. The summed E-state index contributed by atoms with van der Waals surface area (Å²) in [5.41, 5.74) is 1.83. The van der Waals surface area contributed by atoms with E-state index in [0.29, 0.717) is 5.92 Å². The van der Waals surface area contributed by atoms with E-state index in [9.17, 15) is 4.39 Å². The van der Waals surface area contributed by atoms with Gasteiger partial charge in [-0.05, 0) is 37.1 Å². The molecule has 0 amide bonds. The Morgan fingerprint density at radius 3 is 2.54 bits per heavy atom. The summed E-state index contributed by atoms with van der Waals surface area (Å²) in [7, 11) is 0. The molecule has 3 heterocycles. The minimum absolute atomic E-state index is 0.229. The predicted octanol–water partition coefficient (Wildman–Crippen LogP) is 4.84. The fourth-order valence-corrected chi connectivity index (χ4v) is 4.02. The van der Waals surface area contributed by atoms with Gasteiger partial charge in [0.15, 0.2) is 11.0 Å². The van der Waals surface area contributed by atoms with Crippen LogP contribution in [-0.4, -0.2) is 28.2 Å². The first-order valence-electron chi connectivity index (χ1n) is 8.90. The molecule has 1 aliphatic rings. The van der Waals surface area contributed by atoms with Gasteiger partial charge in [0.05, 0.1) is 5.69 Å². The fraction of sp³-hybridized carbons (Fsp3) is 0.421. The Balaban J connectivity index is 1.41. The van der Waals surface area contributed by atoms with Crippen molar-refractivity contribution < 1.29 is 8.91 Å². The summed E-state index contributed by atoms with van der Waals surface area (Å²) in [6.07, 6.45) is 1.95. The third kappa shape index (κ3) is 3.49. The standard InChI is InChI=1S/C19H21FN4OS/c1-12(2)17-22-18(25-23-17)14-7-9-24(10-8-14)19-21-16(11-26-19)13-3-5-15(20)6-4-13/h3-6,11-12,14H,7-10H2,1-2H3. The van der Waals surface area contributed by atoms with Gasteiger partial charge in [0.2, 0.25) is 5.89 Å². The smallest absolute Gasteiger partial charge is 0.229 e. The van der Waals surface area contributed by atoms with Gasteiger partial charge in [-0.3, -0.25) is 0 Å².